The molecule has 0 bridgehead atoms. The van der Waals surface area contributed by atoms with Crippen molar-refractivity contribution in [2.45, 2.75) is 38.5 Å². The van der Waals surface area contributed by atoms with Crippen molar-refractivity contribution in [1.82, 2.24) is 24.7 Å². The van der Waals surface area contributed by atoms with Crippen LogP contribution in [0.1, 0.15) is 45.0 Å². The SMILES string of the molecule is CC(NSC(C)(C)C)c1n[nH]c(=O)c2ccc(-c3cnn(C)c3-c3cccc(Cl)c3C#N)cc12. The van der Waals surface area contributed by atoms with Crippen molar-refractivity contribution in [3.63, 3.8) is 0 Å². The van der Waals surface area contributed by atoms with Crippen molar-refractivity contribution in [3.8, 4) is 28.5 Å². The average Bonchev–Trinajstić information content (AvgIpc) is 3.18. The van der Waals surface area contributed by atoms with Gasteiger partial charge < -0.3 is 0 Å². The zero-order chi connectivity index (χ0) is 24.6. The molecule has 1 unspecified atom stereocenters. The highest BCUT2D eigenvalue weighted by molar-refractivity contribution is 7.98. The molecule has 0 spiro atoms. The van der Waals surface area contributed by atoms with E-state index in [-0.39, 0.29) is 16.3 Å². The molecular weight excluding hydrogens is 468 g/mol. The maximum atomic E-state index is 12.5. The number of fused-ring (bicyclic) bond motifs is 1. The smallest absolute Gasteiger partial charge is 0.267 e. The normalized spacial score (nSPS) is 12.6. The lowest BCUT2D eigenvalue weighted by atomic mass is 9.96. The molecule has 0 aliphatic heterocycles. The molecule has 2 N–H and O–H groups in total. The second-order valence-electron chi connectivity index (χ2n) is 9.06. The van der Waals surface area contributed by atoms with E-state index in [1.54, 1.807) is 35.0 Å². The van der Waals surface area contributed by atoms with Crippen LogP contribution in [0.2, 0.25) is 5.02 Å². The van der Waals surface area contributed by atoms with Crippen molar-refractivity contribution in [3.05, 3.63) is 69.2 Å². The van der Waals surface area contributed by atoms with Crippen LogP contribution in [0.4, 0.5) is 0 Å². The van der Waals surface area contributed by atoms with Crippen LogP contribution in [0.25, 0.3) is 33.2 Å². The quantitative estimate of drug-likeness (QED) is 0.351. The molecule has 0 amide bonds. The van der Waals surface area contributed by atoms with E-state index in [1.165, 1.54) is 0 Å². The van der Waals surface area contributed by atoms with Crippen LogP contribution >= 0.6 is 23.5 Å². The van der Waals surface area contributed by atoms with E-state index in [9.17, 15) is 10.1 Å². The maximum absolute atomic E-state index is 12.5. The van der Waals surface area contributed by atoms with Gasteiger partial charge in [0.15, 0.2) is 0 Å². The number of hydrogen-bond donors (Lipinski definition) is 2. The Bertz CT molecular complexity index is 1480. The first-order valence-electron chi connectivity index (χ1n) is 10.8. The number of rotatable bonds is 5. The number of nitrogens with zero attached hydrogens (tertiary/aromatic N) is 4. The Hall–Kier alpha value is -3.12. The highest BCUT2D eigenvalue weighted by Crippen LogP contribution is 2.37. The van der Waals surface area contributed by atoms with Gasteiger partial charge in [0.05, 0.1) is 39.6 Å². The van der Waals surface area contributed by atoms with Crippen molar-refractivity contribution < 1.29 is 0 Å². The molecule has 2 aromatic carbocycles. The third-order valence-electron chi connectivity index (χ3n) is 5.40. The van der Waals surface area contributed by atoms with Gasteiger partial charge in [-0.15, -0.1) is 0 Å². The first kappa shape index (κ1) is 24.0. The number of halogens is 1. The summed E-state index contributed by atoms with van der Waals surface area (Å²) in [5, 5.41) is 22.9. The topological polar surface area (TPSA) is 99.4 Å². The second kappa shape index (κ2) is 9.26. The van der Waals surface area contributed by atoms with Crippen molar-refractivity contribution in [2.75, 3.05) is 0 Å². The standard InChI is InChI=1S/C25H25ClN6OS/c1-14(31-34-25(2,3)4)22-18-11-15(9-10-17(18)24(33)30-29-22)20-13-28-32(5)23(20)16-7-6-8-21(26)19(16)12-27/h6-11,13-14,31H,1-5H3,(H,30,33). The molecule has 1 atom stereocenters. The molecule has 9 heteroatoms. The Morgan fingerprint density at radius 1 is 1.21 bits per heavy atom. The lowest BCUT2D eigenvalue weighted by Gasteiger charge is -2.22. The Balaban J connectivity index is 1.88. The zero-order valence-electron chi connectivity index (χ0n) is 19.6. The average molecular weight is 493 g/mol. The highest BCUT2D eigenvalue weighted by atomic mass is 35.5. The van der Waals surface area contributed by atoms with Gasteiger partial charge in [0.25, 0.3) is 5.56 Å². The monoisotopic (exact) mass is 492 g/mol. The van der Waals surface area contributed by atoms with Gasteiger partial charge in [-0.3, -0.25) is 14.2 Å². The Labute approximate surface area is 207 Å². The molecule has 0 fully saturated rings. The second-order valence-corrected chi connectivity index (χ2v) is 11.1. The summed E-state index contributed by atoms with van der Waals surface area (Å²) in [6.07, 6.45) is 1.76. The van der Waals surface area contributed by atoms with Crippen molar-refractivity contribution >= 4 is 34.3 Å². The summed E-state index contributed by atoms with van der Waals surface area (Å²) in [6, 6.07) is 13.1. The molecule has 7 nitrogen and oxygen atoms in total. The summed E-state index contributed by atoms with van der Waals surface area (Å²) in [7, 11) is 1.83. The fourth-order valence-electron chi connectivity index (χ4n) is 3.81. The van der Waals surface area contributed by atoms with Crippen molar-refractivity contribution in [2.24, 2.45) is 7.05 Å². The fourth-order valence-corrected chi connectivity index (χ4v) is 4.67. The predicted octanol–water partition coefficient (Wildman–Crippen LogP) is 5.61. The van der Waals surface area contributed by atoms with Gasteiger partial charge in [-0.1, -0.05) is 41.7 Å². The van der Waals surface area contributed by atoms with Gasteiger partial charge in [0.2, 0.25) is 0 Å². The van der Waals surface area contributed by atoms with E-state index in [0.29, 0.717) is 21.5 Å². The van der Waals surface area contributed by atoms with Crippen LogP contribution in [-0.4, -0.2) is 24.7 Å². The van der Waals surface area contributed by atoms with Gasteiger partial charge >= 0.3 is 0 Å². The molecular formula is C25H25ClN6OS. The van der Waals surface area contributed by atoms with Gasteiger partial charge in [-0.2, -0.15) is 15.5 Å². The molecule has 0 aliphatic carbocycles. The Kier molecular flexibility index (Phi) is 6.54. The number of aromatic nitrogens is 4. The lowest BCUT2D eigenvalue weighted by molar-refractivity contribution is 0.694. The minimum atomic E-state index is -0.242. The van der Waals surface area contributed by atoms with Crippen LogP contribution in [0, 0.1) is 11.3 Å². The van der Waals surface area contributed by atoms with E-state index in [0.717, 1.165) is 27.9 Å². The van der Waals surface area contributed by atoms with Crippen LogP contribution < -0.4 is 10.3 Å². The van der Waals surface area contributed by atoms with Gasteiger partial charge in [-0.05, 0) is 51.5 Å². The summed E-state index contributed by atoms with van der Waals surface area (Å²) in [5.74, 6) is 0. The molecule has 4 rings (SSSR count). The number of benzene rings is 2. The first-order chi connectivity index (χ1) is 16.1. The molecule has 0 aliphatic rings. The molecule has 2 heterocycles. The lowest BCUT2D eigenvalue weighted by Crippen LogP contribution is -2.22. The predicted molar refractivity (Wildman–Crippen MR) is 139 cm³/mol. The minimum Gasteiger partial charge on any atom is -0.267 e. The summed E-state index contributed by atoms with van der Waals surface area (Å²) in [5.41, 5.74) is 4.07. The van der Waals surface area contributed by atoms with Gasteiger partial charge in [0, 0.05) is 28.3 Å². The van der Waals surface area contributed by atoms with Gasteiger partial charge in [0.1, 0.15) is 6.07 Å². The van der Waals surface area contributed by atoms with Crippen LogP contribution in [-0.2, 0) is 7.05 Å². The van der Waals surface area contributed by atoms with Crippen LogP contribution in [0.5, 0.6) is 0 Å². The Morgan fingerprint density at radius 3 is 2.68 bits per heavy atom. The highest BCUT2D eigenvalue weighted by Gasteiger charge is 2.21. The summed E-state index contributed by atoms with van der Waals surface area (Å²) in [6.45, 7) is 8.40. The number of aromatic amines is 1. The molecule has 2 aromatic heterocycles. The molecule has 174 valence electrons. The van der Waals surface area contributed by atoms with E-state index < -0.39 is 0 Å². The van der Waals surface area contributed by atoms with E-state index >= 15 is 0 Å². The zero-order valence-corrected chi connectivity index (χ0v) is 21.2. The van der Waals surface area contributed by atoms with Crippen LogP contribution in [0.3, 0.4) is 0 Å². The van der Waals surface area contributed by atoms with Crippen LogP contribution in [0.15, 0.2) is 47.4 Å². The summed E-state index contributed by atoms with van der Waals surface area (Å²) < 4.78 is 5.19. The van der Waals surface area contributed by atoms with Gasteiger partial charge in [-0.25, -0.2) is 5.10 Å². The summed E-state index contributed by atoms with van der Waals surface area (Å²) in [4.78, 5) is 12.5. The number of nitrogens with one attached hydrogen (secondary N) is 2. The molecule has 4 aromatic rings. The third-order valence-corrected chi connectivity index (χ3v) is 6.80. The van der Waals surface area contributed by atoms with E-state index in [4.69, 9.17) is 11.6 Å². The maximum Gasteiger partial charge on any atom is 0.272 e. The Morgan fingerprint density at radius 2 is 1.97 bits per heavy atom. The third kappa shape index (κ3) is 4.60. The molecule has 0 saturated carbocycles. The van der Waals surface area contributed by atoms with Crippen molar-refractivity contribution in [1.29, 1.82) is 5.26 Å². The number of nitriles is 1. The largest absolute Gasteiger partial charge is 0.272 e. The molecule has 0 radical (unpaired) electrons. The fraction of sp³-hybridized carbons (Fsp3) is 0.280. The number of H-pyrrole nitrogens is 1. The molecule has 0 saturated heterocycles. The summed E-state index contributed by atoms with van der Waals surface area (Å²) >= 11 is 7.92. The van der Waals surface area contributed by atoms with E-state index in [2.05, 4.69) is 46.9 Å². The molecule has 34 heavy (non-hydrogen) atoms. The first-order valence-corrected chi connectivity index (χ1v) is 12.0. The number of hydrogen-bond acceptors (Lipinski definition) is 6. The minimum absolute atomic E-state index is 0.0252. The number of aryl methyl sites for hydroxylation is 1. The van der Waals surface area contributed by atoms with E-state index in [1.807, 2.05) is 38.2 Å².